The Morgan fingerprint density at radius 3 is 2.52 bits per heavy atom. The van der Waals surface area contributed by atoms with Gasteiger partial charge in [-0.25, -0.2) is 0 Å². The maximum absolute atomic E-state index is 12.1. The number of carbonyl (C=O) groups is 2. The SMILES string of the molecule is CCC(=O)NCCCCNC(=O)c1ccc2c(c1)CCC2. The molecule has 0 radical (unpaired) electrons. The largest absolute Gasteiger partial charge is 0.356 e. The Labute approximate surface area is 126 Å². The van der Waals surface area contributed by atoms with Crippen molar-refractivity contribution in [3.8, 4) is 0 Å². The molecule has 1 aliphatic carbocycles. The third-order valence-corrected chi connectivity index (χ3v) is 3.89. The summed E-state index contributed by atoms with van der Waals surface area (Å²) in [6, 6.07) is 6.03. The van der Waals surface area contributed by atoms with Crippen molar-refractivity contribution in [2.45, 2.75) is 45.4 Å². The van der Waals surface area contributed by atoms with E-state index in [0.29, 0.717) is 19.5 Å². The van der Waals surface area contributed by atoms with Crippen molar-refractivity contribution in [2.24, 2.45) is 0 Å². The van der Waals surface area contributed by atoms with Gasteiger partial charge in [-0.3, -0.25) is 9.59 Å². The molecule has 0 saturated carbocycles. The number of amides is 2. The van der Waals surface area contributed by atoms with Crippen molar-refractivity contribution < 1.29 is 9.59 Å². The van der Waals surface area contributed by atoms with E-state index in [1.165, 1.54) is 17.5 Å². The standard InChI is InChI=1S/C17H24N2O2/c1-2-16(20)18-10-3-4-11-19-17(21)15-9-8-13-6-5-7-14(13)12-15/h8-9,12H,2-7,10-11H2,1H3,(H,18,20)(H,19,21). The van der Waals surface area contributed by atoms with E-state index in [4.69, 9.17) is 0 Å². The highest BCUT2D eigenvalue weighted by molar-refractivity contribution is 5.94. The second-order valence-electron chi connectivity index (χ2n) is 5.50. The van der Waals surface area contributed by atoms with Crippen LogP contribution in [0.4, 0.5) is 0 Å². The van der Waals surface area contributed by atoms with Crippen LogP contribution < -0.4 is 10.6 Å². The van der Waals surface area contributed by atoms with E-state index in [1.807, 2.05) is 19.1 Å². The smallest absolute Gasteiger partial charge is 0.251 e. The fraction of sp³-hybridized carbons (Fsp3) is 0.529. The maximum atomic E-state index is 12.1. The molecule has 2 rings (SSSR count). The molecule has 0 heterocycles. The van der Waals surface area contributed by atoms with Crippen molar-refractivity contribution in [3.05, 3.63) is 34.9 Å². The molecule has 114 valence electrons. The van der Waals surface area contributed by atoms with E-state index in [0.717, 1.165) is 31.2 Å². The molecule has 0 fully saturated rings. The van der Waals surface area contributed by atoms with Crippen LogP contribution in [0.2, 0.25) is 0 Å². The van der Waals surface area contributed by atoms with Gasteiger partial charge in [-0.15, -0.1) is 0 Å². The van der Waals surface area contributed by atoms with Crippen molar-refractivity contribution in [2.75, 3.05) is 13.1 Å². The van der Waals surface area contributed by atoms with Gasteiger partial charge in [0.25, 0.3) is 5.91 Å². The molecule has 0 aliphatic heterocycles. The van der Waals surface area contributed by atoms with Crippen LogP contribution in [0.1, 0.15) is 54.1 Å². The highest BCUT2D eigenvalue weighted by Crippen LogP contribution is 2.22. The molecule has 4 heteroatoms. The van der Waals surface area contributed by atoms with Gasteiger partial charge in [0.05, 0.1) is 0 Å². The molecule has 0 spiro atoms. The third kappa shape index (κ3) is 4.59. The molecule has 0 saturated heterocycles. The zero-order valence-electron chi connectivity index (χ0n) is 12.7. The lowest BCUT2D eigenvalue weighted by Gasteiger charge is -2.07. The van der Waals surface area contributed by atoms with Gasteiger partial charge in [0.1, 0.15) is 0 Å². The first kappa shape index (κ1) is 15.5. The highest BCUT2D eigenvalue weighted by atomic mass is 16.2. The van der Waals surface area contributed by atoms with Crippen LogP contribution in [0, 0.1) is 0 Å². The first-order chi connectivity index (χ1) is 10.2. The number of benzene rings is 1. The van der Waals surface area contributed by atoms with Gasteiger partial charge >= 0.3 is 0 Å². The lowest BCUT2D eigenvalue weighted by Crippen LogP contribution is -2.27. The Balaban J connectivity index is 1.67. The quantitative estimate of drug-likeness (QED) is 0.756. The summed E-state index contributed by atoms with van der Waals surface area (Å²) in [6.07, 6.45) is 5.71. The van der Waals surface area contributed by atoms with E-state index in [1.54, 1.807) is 0 Å². The number of nitrogens with one attached hydrogen (secondary N) is 2. The molecule has 1 aromatic rings. The normalized spacial score (nSPS) is 12.8. The first-order valence-corrected chi connectivity index (χ1v) is 7.87. The summed E-state index contributed by atoms with van der Waals surface area (Å²) in [5.41, 5.74) is 3.47. The van der Waals surface area contributed by atoms with Gasteiger partial charge in [-0.2, -0.15) is 0 Å². The zero-order valence-corrected chi connectivity index (χ0v) is 12.7. The molecule has 0 bridgehead atoms. The van der Waals surface area contributed by atoms with Crippen LogP contribution in [0.3, 0.4) is 0 Å². The molecular formula is C17H24N2O2. The average Bonchev–Trinajstić information content (AvgIpc) is 2.97. The van der Waals surface area contributed by atoms with Gasteiger partial charge < -0.3 is 10.6 Å². The summed E-state index contributed by atoms with van der Waals surface area (Å²) in [4.78, 5) is 23.1. The molecule has 0 unspecified atom stereocenters. The van der Waals surface area contributed by atoms with Crippen molar-refractivity contribution in [3.63, 3.8) is 0 Å². The summed E-state index contributed by atoms with van der Waals surface area (Å²) in [5.74, 6) is 0.0828. The predicted octanol–water partition coefficient (Wildman–Crippen LogP) is 2.21. The fourth-order valence-corrected chi connectivity index (χ4v) is 2.62. The van der Waals surface area contributed by atoms with Crippen molar-refractivity contribution in [1.29, 1.82) is 0 Å². The minimum absolute atomic E-state index is 0.00212. The monoisotopic (exact) mass is 288 g/mol. The molecule has 4 nitrogen and oxygen atoms in total. The van der Waals surface area contributed by atoms with Gasteiger partial charge in [-0.05, 0) is 55.4 Å². The number of aryl methyl sites for hydroxylation is 2. The minimum Gasteiger partial charge on any atom is -0.356 e. The van der Waals surface area contributed by atoms with Gasteiger partial charge in [0.2, 0.25) is 5.91 Å². The number of fused-ring (bicyclic) bond motifs is 1. The van der Waals surface area contributed by atoms with E-state index in [2.05, 4.69) is 16.7 Å². The Hall–Kier alpha value is -1.84. The van der Waals surface area contributed by atoms with Crippen LogP contribution in [0.5, 0.6) is 0 Å². The Bertz CT molecular complexity index is 512. The van der Waals surface area contributed by atoms with Crippen LogP contribution in [-0.4, -0.2) is 24.9 Å². The maximum Gasteiger partial charge on any atom is 0.251 e. The summed E-state index contributed by atoms with van der Waals surface area (Å²) in [5, 5.41) is 5.77. The molecule has 0 aromatic heterocycles. The van der Waals surface area contributed by atoms with E-state index in [9.17, 15) is 9.59 Å². The lowest BCUT2D eigenvalue weighted by atomic mass is 10.1. The zero-order chi connectivity index (χ0) is 15.1. The molecule has 1 aromatic carbocycles. The fourth-order valence-electron chi connectivity index (χ4n) is 2.62. The van der Waals surface area contributed by atoms with E-state index < -0.39 is 0 Å². The van der Waals surface area contributed by atoms with Crippen LogP contribution >= 0.6 is 0 Å². The first-order valence-electron chi connectivity index (χ1n) is 7.87. The number of rotatable bonds is 7. The number of hydrogen-bond acceptors (Lipinski definition) is 2. The van der Waals surface area contributed by atoms with Crippen LogP contribution in [0.25, 0.3) is 0 Å². The topological polar surface area (TPSA) is 58.2 Å². The summed E-state index contributed by atoms with van der Waals surface area (Å²) < 4.78 is 0. The minimum atomic E-state index is 0.00212. The summed E-state index contributed by atoms with van der Waals surface area (Å²) in [6.45, 7) is 3.17. The second-order valence-corrected chi connectivity index (χ2v) is 5.50. The van der Waals surface area contributed by atoms with Crippen molar-refractivity contribution in [1.82, 2.24) is 10.6 Å². The molecular weight excluding hydrogens is 264 g/mol. The third-order valence-electron chi connectivity index (χ3n) is 3.89. The van der Waals surface area contributed by atoms with Crippen molar-refractivity contribution >= 4 is 11.8 Å². The predicted molar refractivity (Wildman–Crippen MR) is 83.3 cm³/mol. The number of unbranched alkanes of at least 4 members (excludes halogenated alkanes) is 1. The Morgan fingerprint density at radius 1 is 1.05 bits per heavy atom. The molecule has 21 heavy (non-hydrogen) atoms. The molecule has 0 atom stereocenters. The molecule has 1 aliphatic rings. The van der Waals surface area contributed by atoms with Crippen LogP contribution in [0.15, 0.2) is 18.2 Å². The van der Waals surface area contributed by atoms with Crippen LogP contribution in [-0.2, 0) is 17.6 Å². The van der Waals surface area contributed by atoms with Gasteiger partial charge in [-0.1, -0.05) is 13.0 Å². The Morgan fingerprint density at radius 2 is 1.76 bits per heavy atom. The average molecular weight is 288 g/mol. The van der Waals surface area contributed by atoms with Gasteiger partial charge in [0, 0.05) is 25.1 Å². The molecule has 2 N–H and O–H groups in total. The Kier molecular flexibility index (Phi) is 5.78. The highest BCUT2D eigenvalue weighted by Gasteiger charge is 2.13. The van der Waals surface area contributed by atoms with E-state index in [-0.39, 0.29) is 11.8 Å². The lowest BCUT2D eigenvalue weighted by molar-refractivity contribution is -0.120. The second kappa shape index (κ2) is 7.81. The van der Waals surface area contributed by atoms with E-state index >= 15 is 0 Å². The number of carbonyl (C=O) groups excluding carboxylic acids is 2. The number of hydrogen-bond donors (Lipinski definition) is 2. The summed E-state index contributed by atoms with van der Waals surface area (Å²) in [7, 11) is 0. The summed E-state index contributed by atoms with van der Waals surface area (Å²) >= 11 is 0. The van der Waals surface area contributed by atoms with Gasteiger partial charge in [0.15, 0.2) is 0 Å². The molecule has 2 amide bonds.